The van der Waals surface area contributed by atoms with Crippen LogP contribution in [0.2, 0.25) is 0 Å². The van der Waals surface area contributed by atoms with Crippen molar-refractivity contribution < 1.29 is 19.8 Å². The monoisotopic (exact) mass is 260 g/mol. The molecule has 0 saturated heterocycles. The molecule has 0 aliphatic carbocycles. The number of carboxylic acid groups (broad SMARTS) is 1. The molecule has 6 heteroatoms. The second kappa shape index (κ2) is 7.20. The summed E-state index contributed by atoms with van der Waals surface area (Å²) < 4.78 is 0. The first kappa shape index (κ1) is 16.7. The molecule has 0 aromatic heterocycles. The fourth-order valence-corrected chi connectivity index (χ4v) is 1.53. The van der Waals surface area contributed by atoms with E-state index in [0.29, 0.717) is 6.54 Å². The van der Waals surface area contributed by atoms with E-state index in [0.717, 1.165) is 0 Å². The zero-order valence-electron chi connectivity index (χ0n) is 11.7. The molecule has 0 bridgehead atoms. The molecule has 2 atom stereocenters. The van der Waals surface area contributed by atoms with Crippen LogP contribution in [0, 0.1) is 5.92 Å². The van der Waals surface area contributed by atoms with E-state index in [2.05, 4.69) is 5.32 Å². The summed E-state index contributed by atoms with van der Waals surface area (Å²) in [5.41, 5.74) is 0. The van der Waals surface area contributed by atoms with E-state index in [-0.39, 0.29) is 12.0 Å². The average Bonchev–Trinajstić information content (AvgIpc) is 2.20. The third-order valence-electron chi connectivity index (χ3n) is 2.47. The number of hydrogen-bond acceptors (Lipinski definition) is 3. The fraction of sp³-hybridized carbons (Fsp3) is 0.833. The molecular weight excluding hydrogens is 236 g/mol. The maximum Gasteiger partial charge on any atom is 0.328 e. The summed E-state index contributed by atoms with van der Waals surface area (Å²) in [6.45, 7) is 9.55. The van der Waals surface area contributed by atoms with Crippen molar-refractivity contribution in [1.29, 1.82) is 0 Å². The number of aliphatic carboxylic acids is 1. The largest absolute Gasteiger partial charge is 0.480 e. The van der Waals surface area contributed by atoms with E-state index in [4.69, 9.17) is 5.11 Å². The minimum absolute atomic E-state index is 0.0316. The highest BCUT2D eigenvalue weighted by molar-refractivity contribution is 5.83. The van der Waals surface area contributed by atoms with Gasteiger partial charge in [-0.1, -0.05) is 13.8 Å². The van der Waals surface area contributed by atoms with Gasteiger partial charge in [0, 0.05) is 12.6 Å². The maximum atomic E-state index is 12.0. The molecule has 6 nitrogen and oxygen atoms in total. The number of nitrogens with zero attached hydrogens (tertiary/aromatic N) is 1. The molecule has 0 fully saturated rings. The number of carboxylic acids is 1. The molecule has 0 saturated carbocycles. The Hall–Kier alpha value is -1.30. The topological polar surface area (TPSA) is 89.9 Å². The van der Waals surface area contributed by atoms with Crippen molar-refractivity contribution in [2.45, 2.75) is 52.8 Å². The van der Waals surface area contributed by atoms with Crippen molar-refractivity contribution in [2.75, 3.05) is 6.54 Å². The van der Waals surface area contributed by atoms with Crippen LogP contribution in [0.3, 0.4) is 0 Å². The molecule has 0 rings (SSSR count). The van der Waals surface area contributed by atoms with Crippen LogP contribution in [0.25, 0.3) is 0 Å². The first-order valence-electron chi connectivity index (χ1n) is 6.14. The lowest BCUT2D eigenvalue weighted by molar-refractivity contribution is -0.141. The molecule has 0 aromatic rings. The van der Waals surface area contributed by atoms with Gasteiger partial charge < -0.3 is 20.4 Å². The highest BCUT2D eigenvalue weighted by atomic mass is 16.4. The molecule has 0 aromatic carbocycles. The third kappa shape index (κ3) is 5.35. The summed E-state index contributed by atoms with van der Waals surface area (Å²) in [6, 6.07) is -1.78. The highest BCUT2D eigenvalue weighted by Gasteiger charge is 2.28. The van der Waals surface area contributed by atoms with Crippen molar-refractivity contribution in [1.82, 2.24) is 10.2 Å². The Morgan fingerprint density at radius 3 is 1.94 bits per heavy atom. The van der Waals surface area contributed by atoms with Crippen LogP contribution >= 0.6 is 0 Å². The Morgan fingerprint density at radius 2 is 1.67 bits per heavy atom. The Labute approximate surface area is 108 Å². The summed E-state index contributed by atoms with van der Waals surface area (Å²) >= 11 is 0. The molecule has 18 heavy (non-hydrogen) atoms. The second-order valence-electron chi connectivity index (χ2n) is 5.15. The molecule has 0 aliphatic rings. The Bertz CT molecular complexity index is 290. The van der Waals surface area contributed by atoms with Gasteiger partial charge in [-0.3, -0.25) is 0 Å². The van der Waals surface area contributed by atoms with Gasteiger partial charge in [-0.2, -0.15) is 0 Å². The number of aliphatic hydroxyl groups is 1. The van der Waals surface area contributed by atoms with E-state index < -0.39 is 24.1 Å². The average molecular weight is 260 g/mol. The van der Waals surface area contributed by atoms with Crippen LogP contribution in [-0.4, -0.2) is 51.8 Å². The van der Waals surface area contributed by atoms with E-state index in [1.54, 1.807) is 4.90 Å². The normalized spacial score (nSPS) is 14.4. The van der Waals surface area contributed by atoms with Crippen LogP contribution in [0.4, 0.5) is 4.79 Å². The number of urea groups is 1. The number of rotatable bonds is 6. The highest BCUT2D eigenvalue weighted by Crippen LogP contribution is 2.06. The lowest BCUT2D eigenvalue weighted by Crippen LogP contribution is -2.54. The smallest absolute Gasteiger partial charge is 0.328 e. The third-order valence-corrected chi connectivity index (χ3v) is 2.47. The van der Waals surface area contributed by atoms with Crippen LogP contribution in [-0.2, 0) is 4.79 Å². The first-order valence-corrected chi connectivity index (χ1v) is 6.14. The van der Waals surface area contributed by atoms with Gasteiger partial charge in [0.2, 0.25) is 0 Å². The molecule has 0 unspecified atom stereocenters. The van der Waals surface area contributed by atoms with Crippen LogP contribution in [0.5, 0.6) is 0 Å². The predicted octanol–water partition coefficient (Wildman–Crippen LogP) is 0.896. The van der Waals surface area contributed by atoms with Gasteiger partial charge in [0.05, 0.1) is 6.10 Å². The van der Waals surface area contributed by atoms with E-state index in [1.165, 1.54) is 6.92 Å². The first-order chi connectivity index (χ1) is 8.16. The summed E-state index contributed by atoms with van der Waals surface area (Å²) in [5, 5.41) is 20.6. The van der Waals surface area contributed by atoms with Gasteiger partial charge in [0.1, 0.15) is 0 Å². The van der Waals surface area contributed by atoms with Crippen LogP contribution in [0.15, 0.2) is 0 Å². The maximum absolute atomic E-state index is 12.0. The number of hydrogen-bond donors (Lipinski definition) is 3. The lowest BCUT2D eigenvalue weighted by Gasteiger charge is -2.30. The van der Waals surface area contributed by atoms with E-state index in [1.807, 2.05) is 27.7 Å². The van der Waals surface area contributed by atoms with Crippen LogP contribution < -0.4 is 5.32 Å². The standard InChI is InChI=1S/C12H24N2O4/c1-7(2)6-14(8(3)4)12(18)13-10(9(5)15)11(16)17/h7-10,15H,6H2,1-5H3,(H,13,18)(H,16,17)/t9-,10+/m1/s1. The predicted molar refractivity (Wildman–Crippen MR) is 68.3 cm³/mol. The van der Waals surface area contributed by atoms with Gasteiger partial charge in [-0.05, 0) is 26.7 Å². The second-order valence-corrected chi connectivity index (χ2v) is 5.15. The van der Waals surface area contributed by atoms with E-state index >= 15 is 0 Å². The van der Waals surface area contributed by atoms with E-state index in [9.17, 15) is 14.7 Å². The SMILES string of the molecule is CC(C)CN(C(=O)N[C@H](C(=O)O)[C@@H](C)O)C(C)C. The zero-order valence-corrected chi connectivity index (χ0v) is 11.7. The van der Waals surface area contributed by atoms with Crippen molar-refractivity contribution >= 4 is 12.0 Å². The molecule has 106 valence electrons. The fourth-order valence-electron chi connectivity index (χ4n) is 1.53. The van der Waals surface area contributed by atoms with Crippen molar-refractivity contribution in [2.24, 2.45) is 5.92 Å². The quantitative estimate of drug-likeness (QED) is 0.661. The molecular formula is C12H24N2O4. The number of amides is 2. The van der Waals surface area contributed by atoms with Crippen molar-refractivity contribution in [3.63, 3.8) is 0 Å². The van der Waals surface area contributed by atoms with Gasteiger partial charge in [0.25, 0.3) is 0 Å². The molecule has 3 N–H and O–H groups in total. The van der Waals surface area contributed by atoms with Crippen molar-refractivity contribution in [3.05, 3.63) is 0 Å². The van der Waals surface area contributed by atoms with Crippen LogP contribution in [0.1, 0.15) is 34.6 Å². The lowest BCUT2D eigenvalue weighted by atomic mass is 10.1. The summed E-state index contributed by atoms with van der Waals surface area (Å²) in [5.74, 6) is -0.959. The minimum atomic E-state index is -1.29. The van der Waals surface area contributed by atoms with Gasteiger partial charge in [0.15, 0.2) is 6.04 Å². The molecule has 0 aliphatic heterocycles. The summed E-state index contributed by atoms with van der Waals surface area (Å²) in [6.07, 6.45) is -1.14. The Balaban J connectivity index is 4.72. The summed E-state index contributed by atoms with van der Waals surface area (Å²) in [4.78, 5) is 24.4. The number of carbonyl (C=O) groups is 2. The minimum Gasteiger partial charge on any atom is -0.480 e. The number of aliphatic hydroxyl groups excluding tert-OH is 1. The van der Waals surface area contributed by atoms with Crippen molar-refractivity contribution in [3.8, 4) is 0 Å². The molecule has 0 radical (unpaired) electrons. The molecule has 0 heterocycles. The summed E-state index contributed by atoms with van der Waals surface area (Å²) in [7, 11) is 0. The van der Waals surface area contributed by atoms with Gasteiger partial charge >= 0.3 is 12.0 Å². The molecule has 2 amide bonds. The number of nitrogens with one attached hydrogen (secondary N) is 1. The molecule has 0 spiro atoms. The van der Waals surface area contributed by atoms with Gasteiger partial charge in [-0.15, -0.1) is 0 Å². The zero-order chi connectivity index (χ0) is 14.5. The Kier molecular flexibility index (Phi) is 6.68. The Morgan fingerprint density at radius 1 is 1.17 bits per heavy atom. The number of carbonyl (C=O) groups excluding carboxylic acids is 1. The van der Waals surface area contributed by atoms with Gasteiger partial charge in [-0.25, -0.2) is 9.59 Å².